The van der Waals surface area contributed by atoms with E-state index in [0.29, 0.717) is 18.9 Å². The van der Waals surface area contributed by atoms with Gasteiger partial charge in [-0.1, -0.05) is 0 Å². The van der Waals surface area contributed by atoms with Crippen LogP contribution in [0.3, 0.4) is 0 Å². The van der Waals surface area contributed by atoms with E-state index in [1.807, 2.05) is 0 Å². The Morgan fingerprint density at radius 1 is 1.46 bits per heavy atom. The minimum atomic E-state index is -1.03. The van der Waals surface area contributed by atoms with Crippen LogP contribution in [0, 0.1) is 5.92 Å². The lowest BCUT2D eigenvalue weighted by molar-refractivity contribution is 0.132. The second-order valence-corrected chi connectivity index (χ2v) is 4.34. The fourth-order valence-electron chi connectivity index (χ4n) is 2.13. The van der Waals surface area contributed by atoms with Crippen molar-refractivity contribution < 1.29 is 4.39 Å². The minimum absolute atomic E-state index is 0.469. The van der Waals surface area contributed by atoms with Crippen molar-refractivity contribution in [3.05, 3.63) is 0 Å². The van der Waals surface area contributed by atoms with Gasteiger partial charge in [0.25, 0.3) is 0 Å². The predicted molar refractivity (Wildman–Crippen MR) is 53.7 cm³/mol. The van der Waals surface area contributed by atoms with Crippen molar-refractivity contribution in [3.63, 3.8) is 0 Å². The molecule has 1 saturated heterocycles. The maximum atomic E-state index is 13.8. The van der Waals surface area contributed by atoms with Crippen molar-refractivity contribution in [1.82, 2.24) is 10.6 Å². The van der Waals surface area contributed by atoms with Gasteiger partial charge >= 0.3 is 0 Å². The summed E-state index contributed by atoms with van der Waals surface area (Å²) in [6.45, 7) is 4.28. The molecule has 2 nitrogen and oxygen atoms in total. The fourth-order valence-corrected chi connectivity index (χ4v) is 2.13. The third kappa shape index (κ3) is 4.05. The van der Waals surface area contributed by atoms with E-state index in [1.54, 1.807) is 14.0 Å². The summed E-state index contributed by atoms with van der Waals surface area (Å²) in [4.78, 5) is 0. The van der Waals surface area contributed by atoms with Crippen LogP contribution in [0.15, 0.2) is 0 Å². The molecule has 0 aromatic rings. The minimum Gasteiger partial charge on any atom is -0.317 e. The summed E-state index contributed by atoms with van der Waals surface area (Å²) in [5.74, 6) is 0.574. The van der Waals surface area contributed by atoms with Gasteiger partial charge in [-0.25, -0.2) is 4.39 Å². The maximum Gasteiger partial charge on any atom is 0.120 e. The van der Waals surface area contributed by atoms with Gasteiger partial charge in [-0.3, -0.25) is 0 Å². The summed E-state index contributed by atoms with van der Waals surface area (Å²) in [7, 11) is 1.81. The highest BCUT2D eigenvalue weighted by Gasteiger charge is 2.27. The number of hydrogen-bond donors (Lipinski definition) is 2. The van der Waals surface area contributed by atoms with Gasteiger partial charge in [0, 0.05) is 6.54 Å². The van der Waals surface area contributed by atoms with Crippen LogP contribution in [0.4, 0.5) is 4.39 Å². The number of alkyl halides is 1. The Hall–Kier alpha value is -0.150. The van der Waals surface area contributed by atoms with Gasteiger partial charge in [0.05, 0.1) is 0 Å². The first kappa shape index (κ1) is 10.9. The molecule has 0 saturated carbocycles. The first-order chi connectivity index (χ1) is 6.14. The summed E-state index contributed by atoms with van der Waals surface area (Å²) in [5.41, 5.74) is -1.03. The molecule has 0 aromatic carbocycles. The molecule has 78 valence electrons. The summed E-state index contributed by atoms with van der Waals surface area (Å²) in [5, 5.41) is 6.20. The molecule has 1 aliphatic heterocycles. The van der Waals surface area contributed by atoms with Gasteiger partial charge in [0.15, 0.2) is 0 Å². The molecule has 0 bridgehead atoms. The number of halogens is 1. The van der Waals surface area contributed by atoms with Crippen LogP contribution in [0.5, 0.6) is 0 Å². The Kier molecular flexibility index (Phi) is 4.13. The lowest BCUT2D eigenvalue weighted by atomic mass is 9.87. The van der Waals surface area contributed by atoms with Gasteiger partial charge in [-0.15, -0.1) is 0 Å². The smallest absolute Gasteiger partial charge is 0.120 e. The van der Waals surface area contributed by atoms with E-state index < -0.39 is 5.67 Å². The van der Waals surface area contributed by atoms with Crippen LogP contribution >= 0.6 is 0 Å². The molecular weight excluding hydrogens is 167 g/mol. The van der Waals surface area contributed by atoms with E-state index in [2.05, 4.69) is 10.6 Å². The summed E-state index contributed by atoms with van der Waals surface area (Å²) >= 11 is 0. The van der Waals surface area contributed by atoms with Crippen molar-refractivity contribution in [2.75, 3.05) is 26.7 Å². The molecule has 3 heteroatoms. The van der Waals surface area contributed by atoms with Gasteiger partial charge in [0.1, 0.15) is 5.67 Å². The van der Waals surface area contributed by atoms with Gasteiger partial charge in [-0.05, 0) is 52.2 Å². The van der Waals surface area contributed by atoms with E-state index in [1.165, 1.54) is 0 Å². The Morgan fingerprint density at radius 3 is 2.62 bits per heavy atom. The summed E-state index contributed by atoms with van der Waals surface area (Å²) in [6.07, 6.45) is 2.96. The molecule has 0 aliphatic carbocycles. The van der Waals surface area contributed by atoms with Crippen LogP contribution in [0.25, 0.3) is 0 Å². The quantitative estimate of drug-likeness (QED) is 0.695. The van der Waals surface area contributed by atoms with E-state index in [0.717, 1.165) is 25.9 Å². The second kappa shape index (κ2) is 4.91. The first-order valence-corrected chi connectivity index (χ1v) is 5.18. The standard InChI is InChI=1S/C10H21FN2/c1-10(11,8-12-2)7-9-3-5-13-6-4-9/h9,12-13H,3-8H2,1-2H3. The van der Waals surface area contributed by atoms with Gasteiger partial charge in [-0.2, -0.15) is 0 Å². The van der Waals surface area contributed by atoms with Crippen LogP contribution in [0.2, 0.25) is 0 Å². The van der Waals surface area contributed by atoms with Crippen molar-refractivity contribution in [2.45, 2.75) is 31.9 Å². The van der Waals surface area contributed by atoms with Gasteiger partial charge < -0.3 is 10.6 Å². The maximum absolute atomic E-state index is 13.8. The topological polar surface area (TPSA) is 24.1 Å². The summed E-state index contributed by atoms with van der Waals surface area (Å²) in [6, 6.07) is 0. The Morgan fingerprint density at radius 2 is 2.08 bits per heavy atom. The number of nitrogens with one attached hydrogen (secondary N) is 2. The summed E-state index contributed by atoms with van der Waals surface area (Å²) < 4.78 is 13.8. The molecule has 1 rings (SSSR count). The van der Waals surface area contributed by atoms with Crippen LogP contribution in [-0.4, -0.2) is 32.4 Å². The van der Waals surface area contributed by atoms with Crippen molar-refractivity contribution in [3.8, 4) is 0 Å². The van der Waals surface area contributed by atoms with Crippen LogP contribution < -0.4 is 10.6 Å². The highest BCUT2D eigenvalue weighted by Crippen LogP contribution is 2.26. The molecular formula is C10H21FN2. The van der Waals surface area contributed by atoms with Gasteiger partial charge in [0.2, 0.25) is 0 Å². The molecule has 1 fully saturated rings. The zero-order chi connectivity index (χ0) is 9.73. The van der Waals surface area contributed by atoms with Crippen LogP contribution in [-0.2, 0) is 0 Å². The monoisotopic (exact) mass is 188 g/mol. The highest BCUT2D eigenvalue weighted by atomic mass is 19.1. The molecule has 2 N–H and O–H groups in total. The molecule has 0 amide bonds. The molecule has 13 heavy (non-hydrogen) atoms. The number of rotatable bonds is 4. The zero-order valence-electron chi connectivity index (χ0n) is 8.70. The largest absolute Gasteiger partial charge is 0.317 e. The first-order valence-electron chi connectivity index (χ1n) is 5.18. The zero-order valence-corrected chi connectivity index (χ0v) is 8.70. The van der Waals surface area contributed by atoms with E-state index in [9.17, 15) is 4.39 Å². The molecule has 1 unspecified atom stereocenters. The van der Waals surface area contributed by atoms with E-state index >= 15 is 0 Å². The third-order valence-corrected chi connectivity index (χ3v) is 2.72. The lowest BCUT2D eigenvalue weighted by Gasteiger charge is -2.29. The SMILES string of the molecule is CNCC(C)(F)CC1CCNCC1. The average molecular weight is 188 g/mol. The Bertz CT molecular complexity index is 142. The fraction of sp³-hybridized carbons (Fsp3) is 1.00. The molecule has 0 spiro atoms. The lowest BCUT2D eigenvalue weighted by Crippen LogP contribution is -2.37. The molecule has 1 atom stereocenters. The molecule has 0 radical (unpaired) electrons. The van der Waals surface area contributed by atoms with E-state index in [4.69, 9.17) is 0 Å². The number of piperidine rings is 1. The third-order valence-electron chi connectivity index (χ3n) is 2.72. The van der Waals surface area contributed by atoms with Crippen molar-refractivity contribution >= 4 is 0 Å². The number of hydrogen-bond acceptors (Lipinski definition) is 2. The molecule has 0 aromatic heterocycles. The van der Waals surface area contributed by atoms with Crippen LogP contribution in [0.1, 0.15) is 26.2 Å². The average Bonchev–Trinajstić information content (AvgIpc) is 2.04. The highest BCUT2D eigenvalue weighted by molar-refractivity contribution is 4.81. The Labute approximate surface area is 80.3 Å². The van der Waals surface area contributed by atoms with Crippen molar-refractivity contribution in [1.29, 1.82) is 0 Å². The van der Waals surface area contributed by atoms with E-state index in [-0.39, 0.29) is 0 Å². The normalized spacial score (nSPS) is 24.2. The Balaban J connectivity index is 2.28. The molecule has 1 aliphatic rings. The van der Waals surface area contributed by atoms with Crippen molar-refractivity contribution in [2.24, 2.45) is 5.92 Å². The second-order valence-electron chi connectivity index (χ2n) is 4.34. The molecule has 1 heterocycles. The predicted octanol–water partition coefficient (Wildman–Crippen LogP) is 1.32.